The van der Waals surface area contributed by atoms with Crippen molar-refractivity contribution in [2.24, 2.45) is 0 Å². The van der Waals surface area contributed by atoms with Crippen LogP contribution in [0.4, 0.5) is 0 Å². The van der Waals surface area contributed by atoms with E-state index >= 15 is 0 Å². The molecule has 1 heterocycles. The Labute approximate surface area is 109 Å². The number of halogens is 2. The lowest BCUT2D eigenvalue weighted by atomic mass is 10.2. The number of thioether (sulfide) groups is 1. The van der Waals surface area contributed by atoms with Gasteiger partial charge >= 0.3 is 0 Å². The molecule has 1 fully saturated rings. The van der Waals surface area contributed by atoms with E-state index in [1.807, 2.05) is 19.2 Å². The van der Waals surface area contributed by atoms with Crippen molar-refractivity contribution in [3.05, 3.63) is 33.8 Å². The van der Waals surface area contributed by atoms with Crippen molar-refractivity contribution in [2.75, 3.05) is 12.8 Å². The largest absolute Gasteiger partial charge is 0.330 e. The van der Waals surface area contributed by atoms with Crippen LogP contribution in [0.3, 0.4) is 0 Å². The van der Waals surface area contributed by atoms with Gasteiger partial charge in [0.15, 0.2) is 0 Å². The third-order valence-corrected chi connectivity index (χ3v) is 4.65. The highest BCUT2D eigenvalue weighted by molar-refractivity contribution is 7.99. The Bertz CT molecular complexity index is 424. The van der Waals surface area contributed by atoms with Crippen LogP contribution >= 0.6 is 35.0 Å². The molecule has 1 aliphatic rings. The third-order valence-electron chi connectivity index (χ3n) is 2.57. The van der Waals surface area contributed by atoms with Gasteiger partial charge in [-0.3, -0.25) is 4.79 Å². The minimum atomic E-state index is 0.0519. The standard InChI is InChI=1S/C11H11Cl2NOS/c1-14-10(15)4-5-16-11(14)7-2-3-8(12)9(13)6-7/h2-3,6,11H,4-5H2,1H3. The summed E-state index contributed by atoms with van der Waals surface area (Å²) in [6.45, 7) is 0. The summed E-state index contributed by atoms with van der Waals surface area (Å²) in [7, 11) is 1.82. The van der Waals surface area contributed by atoms with Gasteiger partial charge < -0.3 is 4.90 Å². The van der Waals surface area contributed by atoms with Crippen LogP contribution in [-0.4, -0.2) is 23.6 Å². The van der Waals surface area contributed by atoms with Gasteiger partial charge in [0.25, 0.3) is 0 Å². The fourth-order valence-electron chi connectivity index (χ4n) is 1.66. The van der Waals surface area contributed by atoms with E-state index in [1.54, 1.807) is 22.7 Å². The van der Waals surface area contributed by atoms with E-state index in [-0.39, 0.29) is 11.3 Å². The van der Waals surface area contributed by atoms with Gasteiger partial charge in [-0.15, -0.1) is 11.8 Å². The van der Waals surface area contributed by atoms with E-state index in [2.05, 4.69) is 0 Å². The van der Waals surface area contributed by atoms with Crippen LogP contribution in [0.2, 0.25) is 10.0 Å². The van der Waals surface area contributed by atoms with Crippen LogP contribution in [0.15, 0.2) is 18.2 Å². The Morgan fingerprint density at radius 1 is 1.38 bits per heavy atom. The maximum absolute atomic E-state index is 11.6. The predicted molar refractivity (Wildman–Crippen MR) is 69.0 cm³/mol. The molecule has 2 nitrogen and oxygen atoms in total. The third kappa shape index (κ3) is 2.31. The van der Waals surface area contributed by atoms with Gasteiger partial charge in [0.05, 0.1) is 10.0 Å². The summed E-state index contributed by atoms with van der Waals surface area (Å²) >= 11 is 13.6. The maximum atomic E-state index is 11.6. The molecule has 86 valence electrons. The lowest BCUT2D eigenvalue weighted by Crippen LogP contribution is -2.33. The molecule has 5 heteroatoms. The average molecular weight is 276 g/mol. The number of carbonyl (C=O) groups is 1. The van der Waals surface area contributed by atoms with Crippen LogP contribution < -0.4 is 0 Å². The van der Waals surface area contributed by atoms with E-state index in [4.69, 9.17) is 23.2 Å². The van der Waals surface area contributed by atoms with E-state index in [1.165, 1.54) is 0 Å². The van der Waals surface area contributed by atoms with Crippen LogP contribution in [0.1, 0.15) is 17.4 Å². The van der Waals surface area contributed by atoms with Crippen LogP contribution in [0, 0.1) is 0 Å². The number of hydrogen-bond donors (Lipinski definition) is 0. The van der Waals surface area contributed by atoms with Crippen LogP contribution in [-0.2, 0) is 4.79 Å². The molecule has 1 amide bonds. The first kappa shape index (κ1) is 12.1. The molecule has 1 aromatic rings. The highest BCUT2D eigenvalue weighted by Crippen LogP contribution is 2.38. The summed E-state index contributed by atoms with van der Waals surface area (Å²) in [6, 6.07) is 5.52. The smallest absolute Gasteiger partial charge is 0.224 e. The number of carbonyl (C=O) groups excluding carboxylic acids is 1. The lowest BCUT2D eigenvalue weighted by Gasteiger charge is -2.32. The molecule has 1 saturated heterocycles. The Balaban J connectivity index is 2.29. The van der Waals surface area contributed by atoms with E-state index in [0.717, 1.165) is 11.3 Å². The highest BCUT2D eigenvalue weighted by atomic mass is 35.5. The fraction of sp³-hybridized carbons (Fsp3) is 0.364. The topological polar surface area (TPSA) is 20.3 Å². The average Bonchev–Trinajstić information content (AvgIpc) is 2.26. The second-order valence-corrected chi connectivity index (χ2v) is 5.65. The Kier molecular flexibility index (Phi) is 3.67. The van der Waals surface area contributed by atoms with Gasteiger partial charge in [-0.05, 0) is 17.7 Å². The lowest BCUT2D eigenvalue weighted by molar-refractivity contribution is -0.130. The predicted octanol–water partition coefficient (Wildman–Crippen LogP) is 3.59. The number of amides is 1. The zero-order valence-corrected chi connectivity index (χ0v) is 11.1. The van der Waals surface area contributed by atoms with E-state index in [9.17, 15) is 4.79 Å². The van der Waals surface area contributed by atoms with Crippen LogP contribution in [0.25, 0.3) is 0 Å². The second-order valence-electron chi connectivity index (χ2n) is 3.65. The molecule has 1 aliphatic heterocycles. The number of rotatable bonds is 1. The molecule has 0 bridgehead atoms. The molecular formula is C11H11Cl2NOS. The minimum Gasteiger partial charge on any atom is -0.330 e. The molecule has 0 radical (unpaired) electrons. The molecule has 0 aliphatic carbocycles. The van der Waals surface area contributed by atoms with Crippen molar-refractivity contribution in [3.63, 3.8) is 0 Å². The Morgan fingerprint density at radius 2 is 2.12 bits per heavy atom. The molecule has 1 unspecified atom stereocenters. The molecule has 16 heavy (non-hydrogen) atoms. The Morgan fingerprint density at radius 3 is 2.81 bits per heavy atom. The number of nitrogens with zero attached hydrogens (tertiary/aromatic N) is 1. The van der Waals surface area contributed by atoms with Gasteiger partial charge in [0.1, 0.15) is 5.37 Å². The van der Waals surface area contributed by atoms with Crippen molar-refractivity contribution < 1.29 is 4.79 Å². The maximum Gasteiger partial charge on any atom is 0.224 e. The first-order valence-corrected chi connectivity index (χ1v) is 6.72. The van der Waals surface area contributed by atoms with E-state index in [0.29, 0.717) is 16.5 Å². The summed E-state index contributed by atoms with van der Waals surface area (Å²) in [5.74, 6) is 1.03. The molecular weight excluding hydrogens is 265 g/mol. The SMILES string of the molecule is CN1C(=O)CCSC1c1ccc(Cl)c(Cl)c1. The molecule has 0 saturated carbocycles. The van der Waals surface area contributed by atoms with Crippen molar-refractivity contribution in [2.45, 2.75) is 11.8 Å². The highest BCUT2D eigenvalue weighted by Gasteiger charge is 2.26. The molecule has 0 aromatic heterocycles. The van der Waals surface area contributed by atoms with Crippen molar-refractivity contribution >= 4 is 40.9 Å². The fourth-order valence-corrected chi connectivity index (χ4v) is 3.17. The zero-order valence-electron chi connectivity index (χ0n) is 8.74. The first-order chi connectivity index (χ1) is 7.59. The van der Waals surface area contributed by atoms with Crippen molar-refractivity contribution in [1.82, 2.24) is 4.90 Å². The van der Waals surface area contributed by atoms with Crippen LogP contribution in [0.5, 0.6) is 0 Å². The summed E-state index contributed by atoms with van der Waals surface area (Å²) in [5, 5.41) is 1.13. The van der Waals surface area contributed by atoms with Gasteiger partial charge in [0.2, 0.25) is 5.91 Å². The summed E-state index contributed by atoms with van der Waals surface area (Å²) in [6.07, 6.45) is 0.610. The van der Waals surface area contributed by atoms with Gasteiger partial charge in [-0.25, -0.2) is 0 Å². The zero-order chi connectivity index (χ0) is 11.7. The van der Waals surface area contributed by atoms with E-state index < -0.39 is 0 Å². The molecule has 2 rings (SSSR count). The Hall–Kier alpha value is -0.380. The normalized spacial score (nSPS) is 21.3. The molecule has 0 N–H and O–H groups in total. The first-order valence-electron chi connectivity index (χ1n) is 4.92. The number of benzene rings is 1. The van der Waals surface area contributed by atoms with Gasteiger partial charge in [0, 0.05) is 19.2 Å². The van der Waals surface area contributed by atoms with Crippen molar-refractivity contribution in [3.8, 4) is 0 Å². The van der Waals surface area contributed by atoms with Crippen molar-refractivity contribution in [1.29, 1.82) is 0 Å². The molecule has 0 spiro atoms. The summed E-state index contributed by atoms with van der Waals surface area (Å²) in [5.41, 5.74) is 1.02. The number of hydrogen-bond acceptors (Lipinski definition) is 2. The molecule has 1 aromatic carbocycles. The monoisotopic (exact) mass is 275 g/mol. The summed E-state index contributed by atoms with van der Waals surface area (Å²) in [4.78, 5) is 13.3. The quantitative estimate of drug-likeness (QED) is 0.781. The van der Waals surface area contributed by atoms with Gasteiger partial charge in [-0.1, -0.05) is 29.3 Å². The second kappa shape index (κ2) is 4.86. The molecule has 1 atom stereocenters. The summed E-state index contributed by atoms with van der Waals surface area (Å²) < 4.78 is 0. The van der Waals surface area contributed by atoms with Gasteiger partial charge in [-0.2, -0.15) is 0 Å². The minimum absolute atomic E-state index is 0.0519.